The van der Waals surface area contributed by atoms with Gasteiger partial charge in [-0.1, -0.05) is 24.3 Å². The SMILES string of the molecule is Cc1ccccc1[C@H](CC(=O)O)NC(=O)[C@@H]1CC(=O)N(Cc2ccco2)C1. The van der Waals surface area contributed by atoms with E-state index in [-0.39, 0.29) is 24.7 Å². The van der Waals surface area contributed by atoms with Crippen LogP contribution in [0.15, 0.2) is 47.1 Å². The van der Waals surface area contributed by atoms with Crippen molar-refractivity contribution in [2.75, 3.05) is 6.54 Å². The maximum Gasteiger partial charge on any atom is 0.305 e. The number of benzene rings is 1. The largest absolute Gasteiger partial charge is 0.481 e. The van der Waals surface area contributed by atoms with E-state index < -0.39 is 17.9 Å². The Bertz CT molecular complexity index is 831. The third-order valence-electron chi connectivity index (χ3n) is 4.77. The van der Waals surface area contributed by atoms with Crippen molar-refractivity contribution in [3.8, 4) is 0 Å². The number of carboxylic acids is 1. The first-order chi connectivity index (χ1) is 12.9. The molecule has 2 aromatic rings. The lowest BCUT2D eigenvalue weighted by atomic mass is 9.97. The molecule has 0 spiro atoms. The van der Waals surface area contributed by atoms with Gasteiger partial charge in [0.2, 0.25) is 11.8 Å². The fourth-order valence-corrected chi connectivity index (χ4v) is 3.37. The maximum atomic E-state index is 12.7. The highest BCUT2D eigenvalue weighted by Gasteiger charge is 2.35. The lowest BCUT2D eigenvalue weighted by molar-refractivity contribution is -0.138. The minimum Gasteiger partial charge on any atom is -0.481 e. The van der Waals surface area contributed by atoms with E-state index in [4.69, 9.17) is 4.42 Å². The Balaban J connectivity index is 1.68. The van der Waals surface area contributed by atoms with Gasteiger partial charge in [0.15, 0.2) is 0 Å². The van der Waals surface area contributed by atoms with Gasteiger partial charge in [0.05, 0.1) is 31.2 Å². The number of aryl methyl sites for hydroxylation is 1. The van der Waals surface area contributed by atoms with Gasteiger partial charge in [-0.25, -0.2) is 0 Å². The minimum absolute atomic E-state index is 0.111. The van der Waals surface area contributed by atoms with E-state index in [0.717, 1.165) is 11.1 Å². The number of carbonyl (C=O) groups is 3. The van der Waals surface area contributed by atoms with Gasteiger partial charge in [-0.2, -0.15) is 0 Å². The summed E-state index contributed by atoms with van der Waals surface area (Å²) in [6.07, 6.45) is 1.44. The summed E-state index contributed by atoms with van der Waals surface area (Å²) in [5.41, 5.74) is 1.68. The van der Waals surface area contributed by atoms with E-state index in [2.05, 4.69) is 5.32 Å². The Kier molecular flexibility index (Phi) is 5.59. The molecular formula is C20H22N2O5. The Morgan fingerprint density at radius 2 is 2.07 bits per heavy atom. The first-order valence-corrected chi connectivity index (χ1v) is 8.82. The van der Waals surface area contributed by atoms with Crippen LogP contribution in [0.5, 0.6) is 0 Å². The summed E-state index contributed by atoms with van der Waals surface area (Å²) < 4.78 is 5.26. The predicted octanol–water partition coefficient (Wildman–Crippen LogP) is 2.27. The first-order valence-electron chi connectivity index (χ1n) is 8.82. The van der Waals surface area contributed by atoms with Crippen LogP contribution in [0.3, 0.4) is 0 Å². The first kappa shape index (κ1) is 18.7. The van der Waals surface area contributed by atoms with Crippen LogP contribution in [0.4, 0.5) is 0 Å². The van der Waals surface area contributed by atoms with Crippen LogP contribution < -0.4 is 5.32 Å². The average molecular weight is 370 g/mol. The highest BCUT2D eigenvalue weighted by Crippen LogP contribution is 2.24. The lowest BCUT2D eigenvalue weighted by Crippen LogP contribution is -2.36. The zero-order valence-electron chi connectivity index (χ0n) is 15.1. The fourth-order valence-electron chi connectivity index (χ4n) is 3.37. The second-order valence-electron chi connectivity index (χ2n) is 6.77. The number of likely N-dealkylation sites (tertiary alicyclic amines) is 1. The minimum atomic E-state index is -0.995. The molecule has 0 bridgehead atoms. The number of carboxylic acid groups (broad SMARTS) is 1. The van der Waals surface area contributed by atoms with Gasteiger partial charge in [-0.05, 0) is 30.2 Å². The molecule has 3 rings (SSSR count). The number of amides is 2. The van der Waals surface area contributed by atoms with E-state index in [1.807, 2.05) is 31.2 Å². The predicted molar refractivity (Wildman–Crippen MR) is 96.5 cm³/mol. The zero-order chi connectivity index (χ0) is 19.4. The molecule has 0 unspecified atom stereocenters. The van der Waals surface area contributed by atoms with Crippen LogP contribution >= 0.6 is 0 Å². The molecule has 0 aliphatic carbocycles. The summed E-state index contributed by atoms with van der Waals surface area (Å²) in [5.74, 6) is -1.26. The topological polar surface area (TPSA) is 99.8 Å². The Labute approximate surface area is 157 Å². The molecule has 7 heteroatoms. The van der Waals surface area contributed by atoms with E-state index >= 15 is 0 Å². The maximum absolute atomic E-state index is 12.7. The number of nitrogens with zero attached hydrogens (tertiary/aromatic N) is 1. The quantitative estimate of drug-likeness (QED) is 0.779. The van der Waals surface area contributed by atoms with E-state index in [1.165, 1.54) is 0 Å². The Morgan fingerprint density at radius 1 is 1.30 bits per heavy atom. The number of hydrogen-bond donors (Lipinski definition) is 2. The van der Waals surface area contributed by atoms with Crippen molar-refractivity contribution in [3.63, 3.8) is 0 Å². The monoisotopic (exact) mass is 370 g/mol. The van der Waals surface area contributed by atoms with Gasteiger partial charge in [0.25, 0.3) is 0 Å². The summed E-state index contributed by atoms with van der Waals surface area (Å²) in [6.45, 7) is 2.49. The molecule has 1 aliphatic rings. The standard InChI is InChI=1S/C20H22N2O5/c1-13-5-2-3-7-16(13)17(10-19(24)25)21-20(26)14-9-18(23)22(11-14)12-15-6-4-8-27-15/h2-8,14,17H,9-12H2,1H3,(H,21,26)(H,24,25)/t14-,17+/m1/s1. The van der Waals surface area contributed by atoms with Gasteiger partial charge in [-0.15, -0.1) is 0 Å². The van der Waals surface area contributed by atoms with Crippen molar-refractivity contribution in [3.05, 3.63) is 59.5 Å². The van der Waals surface area contributed by atoms with Gasteiger partial charge in [-0.3, -0.25) is 14.4 Å². The highest BCUT2D eigenvalue weighted by molar-refractivity contribution is 5.89. The van der Waals surface area contributed by atoms with Crippen molar-refractivity contribution in [1.82, 2.24) is 10.2 Å². The van der Waals surface area contributed by atoms with Crippen LogP contribution in [0.1, 0.15) is 35.8 Å². The van der Waals surface area contributed by atoms with Crippen molar-refractivity contribution < 1.29 is 23.9 Å². The second-order valence-corrected chi connectivity index (χ2v) is 6.77. The number of carbonyl (C=O) groups excluding carboxylic acids is 2. The van der Waals surface area contributed by atoms with Crippen molar-refractivity contribution in [1.29, 1.82) is 0 Å². The molecule has 2 N–H and O–H groups in total. The van der Waals surface area contributed by atoms with Crippen molar-refractivity contribution in [2.24, 2.45) is 5.92 Å². The summed E-state index contributed by atoms with van der Waals surface area (Å²) in [6, 6.07) is 10.3. The highest BCUT2D eigenvalue weighted by atomic mass is 16.4. The lowest BCUT2D eigenvalue weighted by Gasteiger charge is -2.21. The van der Waals surface area contributed by atoms with E-state index in [0.29, 0.717) is 18.8 Å². The molecule has 1 aromatic carbocycles. The van der Waals surface area contributed by atoms with Gasteiger partial charge >= 0.3 is 5.97 Å². The van der Waals surface area contributed by atoms with Crippen LogP contribution in [-0.4, -0.2) is 34.3 Å². The van der Waals surface area contributed by atoms with Gasteiger partial charge < -0.3 is 19.7 Å². The summed E-state index contributed by atoms with van der Waals surface area (Å²) in [4.78, 5) is 37.8. The molecule has 1 saturated heterocycles. The molecule has 2 heterocycles. The summed E-state index contributed by atoms with van der Waals surface area (Å²) in [7, 11) is 0. The molecule has 0 radical (unpaired) electrons. The second kappa shape index (κ2) is 8.07. The number of rotatable bonds is 7. The molecular weight excluding hydrogens is 348 g/mol. The van der Waals surface area contributed by atoms with Crippen molar-refractivity contribution in [2.45, 2.75) is 32.4 Å². The zero-order valence-corrected chi connectivity index (χ0v) is 15.1. The molecule has 7 nitrogen and oxygen atoms in total. The molecule has 1 aromatic heterocycles. The summed E-state index contributed by atoms with van der Waals surface area (Å²) >= 11 is 0. The number of aliphatic carboxylic acids is 1. The van der Waals surface area contributed by atoms with E-state index in [1.54, 1.807) is 23.3 Å². The third kappa shape index (κ3) is 4.55. The van der Waals surface area contributed by atoms with Gasteiger partial charge in [0.1, 0.15) is 5.76 Å². The summed E-state index contributed by atoms with van der Waals surface area (Å²) in [5, 5.41) is 12.0. The third-order valence-corrected chi connectivity index (χ3v) is 4.77. The molecule has 1 aliphatic heterocycles. The Hall–Kier alpha value is -3.09. The number of hydrogen-bond acceptors (Lipinski definition) is 4. The average Bonchev–Trinajstić information content (AvgIpc) is 3.25. The molecule has 142 valence electrons. The molecule has 1 fully saturated rings. The van der Waals surface area contributed by atoms with Crippen LogP contribution in [0.25, 0.3) is 0 Å². The normalized spacial score (nSPS) is 17.7. The fraction of sp³-hybridized carbons (Fsp3) is 0.350. The number of nitrogens with one attached hydrogen (secondary N) is 1. The molecule has 2 amide bonds. The van der Waals surface area contributed by atoms with E-state index in [9.17, 15) is 19.5 Å². The van der Waals surface area contributed by atoms with Gasteiger partial charge in [0, 0.05) is 13.0 Å². The smallest absolute Gasteiger partial charge is 0.305 e. The van der Waals surface area contributed by atoms with Crippen LogP contribution in [0.2, 0.25) is 0 Å². The molecule has 27 heavy (non-hydrogen) atoms. The molecule has 0 saturated carbocycles. The molecule has 2 atom stereocenters. The van der Waals surface area contributed by atoms with Crippen LogP contribution in [-0.2, 0) is 20.9 Å². The Morgan fingerprint density at radius 3 is 2.74 bits per heavy atom. The van der Waals surface area contributed by atoms with Crippen molar-refractivity contribution >= 4 is 17.8 Å². The van der Waals surface area contributed by atoms with Crippen LogP contribution in [0, 0.1) is 12.8 Å². The number of furan rings is 1.